The van der Waals surface area contributed by atoms with Gasteiger partial charge in [-0.2, -0.15) is 0 Å². The van der Waals surface area contributed by atoms with Crippen molar-refractivity contribution in [1.29, 1.82) is 0 Å². The van der Waals surface area contributed by atoms with E-state index in [-0.39, 0.29) is 0 Å². The molecule has 19 heavy (non-hydrogen) atoms. The van der Waals surface area contributed by atoms with Gasteiger partial charge in [-0.05, 0) is 39.8 Å². The van der Waals surface area contributed by atoms with Gasteiger partial charge in [-0.15, -0.1) is 0 Å². The predicted octanol–water partition coefficient (Wildman–Crippen LogP) is 2.87. The molecule has 0 atom stereocenters. The normalized spacial score (nSPS) is 20.7. The first-order valence-corrected chi connectivity index (χ1v) is 12.7. The lowest BCUT2D eigenvalue weighted by Gasteiger charge is -2.44. The summed E-state index contributed by atoms with van der Waals surface area (Å²) in [5, 5.41) is 0. The van der Waals surface area contributed by atoms with Gasteiger partial charge in [-0.25, -0.2) is 0 Å². The summed E-state index contributed by atoms with van der Waals surface area (Å²) in [4.78, 5) is 0. The topological polar surface area (TPSA) is 30.9 Å². The van der Waals surface area contributed by atoms with Gasteiger partial charge in [0.25, 0.3) is 0 Å². The third-order valence-corrected chi connectivity index (χ3v) is 10.7. The maximum Gasteiger partial charge on any atom is 0.515 e. The molecule has 1 aliphatic heterocycles. The maximum absolute atomic E-state index is 5.98. The van der Waals surface area contributed by atoms with Gasteiger partial charge in [-0.3, -0.25) is 0 Å². The van der Waals surface area contributed by atoms with Crippen molar-refractivity contribution in [3.05, 3.63) is 0 Å². The van der Waals surface area contributed by atoms with Crippen LogP contribution in [-0.4, -0.2) is 54.1 Å². The Bertz CT molecular complexity index is 247. The van der Waals surface area contributed by atoms with Gasteiger partial charge in [0.05, 0.1) is 6.17 Å². The van der Waals surface area contributed by atoms with Gasteiger partial charge in [-0.1, -0.05) is 19.5 Å². The largest absolute Gasteiger partial charge is 0.515 e. The molecule has 0 spiro atoms. The van der Waals surface area contributed by atoms with E-state index in [1.807, 2.05) is 20.8 Å². The van der Waals surface area contributed by atoms with Crippen LogP contribution in [0.15, 0.2) is 0 Å². The number of hydrogen-bond acceptors (Lipinski definition) is 4. The molecule has 1 heterocycles. The molecule has 0 aliphatic carbocycles. The molecule has 114 valence electrons. The monoisotopic (exact) mass is 305 g/mol. The van der Waals surface area contributed by atoms with Crippen LogP contribution in [0.2, 0.25) is 19.1 Å². The summed E-state index contributed by atoms with van der Waals surface area (Å²) in [7, 11) is -3.80. The molecule has 1 saturated heterocycles. The van der Waals surface area contributed by atoms with E-state index in [2.05, 4.69) is 17.7 Å². The minimum Gasteiger partial charge on any atom is -0.373 e. The van der Waals surface area contributed by atoms with Crippen LogP contribution < -0.4 is 0 Å². The fraction of sp³-hybridized carbons (Fsp3) is 1.00. The fourth-order valence-electron chi connectivity index (χ4n) is 2.77. The van der Waals surface area contributed by atoms with Gasteiger partial charge >= 0.3 is 8.80 Å². The zero-order valence-corrected chi connectivity index (χ0v) is 15.3. The molecule has 0 aromatic carbocycles. The highest BCUT2D eigenvalue weighted by Crippen LogP contribution is 2.27. The Morgan fingerprint density at radius 1 is 0.947 bits per heavy atom. The molecule has 4 nitrogen and oxygen atoms in total. The lowest BCUT2D eigenvalue weighted by molar-refractivity contribution is 0.0629. The molecule has 1 aliphatic rings. The van der Waals surface area contributed by atoms with Crippen molar-refractivity contribution in [3.63, 3.8) is 0 Å². The van der Waals surface area contributed by atoms with Gasteiger partial charge in [0.15, 0.2) is 0 Å². The Morgan fingerprint density at radius 2 is 1.47 bits per heavy atom. The summed E-state index contributed by atoms with van der Waals surface area (Å²) in [5.74, 6) is 0. The molecule has 0 unspecified atom stereocenters. The summed E-state index contributed by atoms with van der Waals surface area (Å²) < 4.78 is 20.6. The van der Waals surface area contributed by atoms with Crippen molar-refractivity contribution >= 4 is 17.0 Å². The maximum atomic E-state index is 5.98. The lowest BCUT2D eigenvalue weighted by Crippen LogP contribution is -2.62. The van der Waals surface area contributed by atoms with Gasteiger partial charge < -0.3 is 17.8 Å². The van der Waals surface area contributed by atoms with Crippen LogP contribution >= 0.6 is 0 Å². The molecule has 0 radical (unpaired) electrons. The average molecular weight is 306 g/mol. The van der Waals surface area contributed by atoms with Crippen molar-refractivity contribution in [2.24, 2.45) is 0 Å². The quantitative estimate of drug-likeness (QED) is 0.645. The van der Waals surface area contributed by atoms with E-state index in [0.717, 1.165) is 6.17 Å². The summed E-state index contributed by atoms with van der Waals surface area (Å²) in [5.41, 5.74) is 0. The standard InChI is InChI=1S/C13H31NO3Si2/c1-6-15-19(16-7-2,17-8-3)13-14-11-9-10-12-18(14,4)5/h6-13H2,1-5H3. The van der Waals surface area contributed by atoms with E-state index in [9.17, 15) is 0 Å². The lowest BCUT2D eigenvalue weighted by atomic mass is 10.3. The zero-order chi connectivity index (χ0) is 14.4. The van der Waals surface area contributed by atoms with Crippen molar-refractivity contribution in [3.8, 4) is 0 Å². The highest BCUT2D eigenvalue weighted by molar-refractivity contribution is 6.76. The van der Waals surface area contributed by atoms with Crippen LogP contribution in [0.5, 0.6) is 0 Å². The van der Waals surface area contributed by atoms with Gasteiger partial charge in [0.2, 0.25) is 0 Å². The average Bonchev–Trinajstić information content (AvgIpc) is 2.33. The van der Waals surface area contributed by atoms with E-state index in [0.29, 0.717) is 19.8 Å². The first kappa shape index (κ1) is 17.3. The van der Waals surface area contributed by atoms with Crippen LogP contribution in [0.4, 0.5) is 0 Å². The molecule has 0 amide bonds. The highest BCUT2D eigenvalue weighted by Gasteiger charge is 2.46. The van der Waals surface area contributed by atoms with E-state index < -0.39 is 17.0 Å². The molecular formula is C13H31NO3Si2. The van der Waals surface area contributed by atoms with E-state index in [1.165, 1.54) is 25.4 Å². The Morgan fingerprint density at radius 3 is 1.89 bits per heavy atom. The summed E-state index contributed by atoms with van der Waals surface area (Å²) >= 11 is 0. The second-order valence-corrected chi connectivity index (χ2v) is 13.0. The SMILES string of the molecule is CCO[Si](CN1CCCC[Si]1(C)C)(OCC)OCC. The fourth-order valence-corrected chi connectivity index (χ4v) is 9.73. The van der Waals surface area contributed by atoms with E-state index >= 15 is 0 Å². The summed E-state index contributed by atoms with van der Waals surface area (Å²) in [6.07, 6.45) is 3.55. The Hall–Kier alpha value is 0.274. The van der Waals surface area contributed by atoms with Crippen LogP contribution in [0, 0.1) is 0 Å². The summed E-state index contributed by atoms with van der Waals surface area (Å²) in [6.45, 7) is 14.2. The molecule has 1 rings (SSSR count). The molecular weight excluding hydrogens is 274 g/mol. The van der Waals surface area contributed by atoms with E-state index in [1.54, 1.807) is 0 Å². The van der Waals surface area contributed by atoms with Crippen molar-refractivity contribution < 1.29 is 13.3 Å². The first-order chi connectivity index (χ1) is 8.99. The predicted molar refractivity (Wildman–Crippen MR) is 83.7 cm³/mol. The molecule has 1 fully saturated rings. The highest BCUT2D eigenvalue weighted by atomic mass is 28.4. The van der Waals surface area contributed by atoms with Crippen molar-refractivity contribution in [2.75, 3.05) is 32.5 Å². The second kappa shape index (κ2) is 7.90. The van der Waals surface area contributed by atoms with Crippen molar-refractivity contribution in [2.45, 2.75) is 52.8 Å². The van der Waals surface area contributed by atoms with Crippen LogP contribution in [0.25, 0.3) is 0 Å². The molecule has 0 saturated carbocycles. The minimum absolute atomic E-state index is 0.669. The van der Waals surface area contributed by atoms with Gasteiger partial charge in [0, 0.05) is 19.8 Å². The molecule has 6 heteroatoms. The Balaban J connectivity index is 2.78. The third-order valence-electron chi connectivity index (χ3n) is 3.80. The third kappa shape index (κ3) is 4.95. The Kier molecular flexibility index (Phi) is 7.20. The zero-order valence-electron chi connectivity index (χ0n) is 13.3. The van der Waals surface area contributed by atoms with Gasteiger partial charge in [0.1, 0.15) is 8.24 Å². The number of rotatable bonds is 8. The van der Waals surface area contributed by atoms with E-state index in [4.69, 9.17) is 13.3 Å². The molecule has 0 aromatic heterocycles. The van der Waals surface area contributed by atoms with Crippen LogP contribution in [0.3, 0.4) is 0 Å². The Labute approximate surface area is 120 Å². The summed E-state index contributed by atoms with van der Waals surface area (Å²) in [6, 6.07) is 1.38. The molecule has 0 bridgehead atoms. The molecule has 0 aromatic rings. The number of nitrogens with zero attached hydrogens (tertiary/aromatic N) is 1. The van der Waals surface area contributed by atoms with Crippen molar-refractivity contribution in [1.82, 2.24) is 4.57 Å². The van der Waals surface area contributed by atoms with Crippen LogP contribution in [-0.2, 0) is 13.3 Å². The number of hydrogen-bond donors (Lipinski definition) is 0. The second-order valence-electron chi connectivity index (χ2n) is 5.67. The minimum atomic E-state index is -2.51. The first-order valence-electron chi connectivity index (χ1n) is 7.66. The van der Waals surface area contributed by atoms with Crippen LogP contribution in [0.1, 0.15) is 33.6 Å². The smallest absolute Gasteiger partial charge is 0.373 e. The molecule has 0 N–H and O–H groups in total.